The van der Waals surface area contributed by atoms with Crippen molar-refractivity contribution in [2.45, 2.75) is 33.6 Å². The lowest BCUT2D eigenvalue weighted by molar-refractivity contribution is -0.385. The average Bonchev–Trinajstić information content (AvgIpc) is 2.74. The fourth-order valence-electron chi connectivity index (χ4n) is 3.15. The Morgan fingerprint density at radius 2 is 1.94 bits per heavy atom. The monoisotopic (exact) mass is 502 g/mol. The van der Waals surface area contributed by atoms with Crippen molar-refractivity contribution < 1.29 is 14.4 Å². The largest absolute Gasteiger partial charge is 0.490 e. The molecule has 0 atom stereocenters. The van der Waals surface area contributed by atoms with E-state index in [1.54, 1.807) is 32.0 Å². The fraction of sp³-hybridized carbons (Fsp3) is 0.318. The van der Waals surface area contributed by atoms with Gasteiger partial charge in [0, 0.05) is 22.0 Å². The van der Waals surface area contributed by atoms with Crippen LogP contribution in [0.1, 0.15) is 45.0 Å². The molecule has 1 aromatic heterocycles. The van der Waals surface area contributed by atoms with E-state index in [0.717, 1.165) is 4.47 Å². The van der Waals surface area contributed by atoms with Crippen LogP contribution in [0.3, 0.4) is 0 Å². The highest BCUT2D eigenvalue weighted by Crippen LogP contribution is 2.38. The highest BCUT2D eigenvalue weighted by molar-refractivity contribution is 9.10. The molecule has 32 heavy (non-hydrogen) atoms. The highest BCUT2D eigenvalue weighted by atomic mass is 79.9. The van der Waals surface area contributed by atoms with Gasteiger partial charge in [-0.1, -0.05) is 29.8 Å². The van der Waals surface area contributed by atoms with Gasteiger partial charge in [-0.15, -0.1) is 0 Å². The third-order valence-electron chi connectivity index (χ3n) is 4.51. The number of halogens is 1. The molecule has 0 aliphatic heterocycles. The van der Waals surface area contributed by atoms with Crippen molar-refractivity contribution in [1.29, 1.82) is 0 Å². The second-order valence-corrected chi connectivity index (χ2v) is 8.05. The Morgan fingerprint density at radius 1 is 1.22 bits per heavy atom. The Hall–Kier alpha value is -3.27. The second kappa shape index (κ2) is 9.90. The molecule has 1 heterocycles. The second-order valence-electron chi connectivity index (χ2n) is 7.14. The van der Waals surface area contributed by atoms with Gasteiger partial charge in [0.1, 0.15) is 5.82 Å². The molecule has 0 saturated heterocycles. The van der Waals surface area contributed by atoms with Gasteiger partial charge < -0.3 is 9.47 Å². The van der Waals surface area contributed by atoms with E-state index >= 15 is 0 Å². The van der Waals surface area contributed by atoms with Gasteiger partial charge in [-0.2, -0.15) is 9.78 Å². The summed E-state index contributed by atoms with van der Waals surface area (Å²) in [5.74, 6) is 0.698. The van der Waals surface area contributed by atoms with E-state index in [2.05, 4.69) is 26.0 Å². The van der Waals surface area contributed by atoms with E-state index < -0.39 is 4.92 Å². The molecule has 2 aromatic carbocycles. The Bertz CT molecular complexity index is 1250. The van der Waals surface area contributed by atoms with Gasteiger partial charge >= 0.3 is 5.69 Å². The molecule has 0 radical (unpaired) electrons. The van der Waals surface area contributed by atoms with E-state index in [9.17, 15) is 14.9 Å². The summed E-state index contributed by atoms with van der Waals surface area (Å²) in [6, 6.07) is 8.21. The van der Waals surface area contributed by atoms with Crippen molar-refractivity contribution in [3.8, 4) is 11.5 Å². The van der Waals surface area contributed by atoms with Crippen molar-refractivity contribution >= 4 is 38.7 Å². The first-order valence-electron chi connectivity index (χ1n) is 10.1. The molecular weight excluding hydrogens is 480 g/mol. The van der Waals surface area contributed by atoms with Crippen LogP contribution >= 0.6 is 15.9 Å². The molecule has 10 heteroatoms. The lowest BCUT2D eigenvalue weighted by Gasteiger charge is -2.13. The zero-order valence-electron chi connectivity index (χ0n) is 18.2. The van der Waals surface area contributed by atoms with E-state index in [1.165, 1.54) is 17.0 Å². The predicted octanol–water partition coefficient (Wildman–Crippen LogP) is 4.87. The van der Waals surface area contributed by atoms with E-state index in [-0.39, 0.29) is 35.3 Å². The van der Waals surface area contributed by atoms with Crippen LogP contribution in [0.15, 0.2) is 44.7 Å². The van der Waals surface area contributed by atoms with E-state index in [0.29, 0.717) is 28.9 Å². The number of ether oxygens (including phenoxy) is 2. The van der Waals surface area contributed by atoms with Gasteiger partial charge in [0.2, 0.25) is 5.75 Å². The van der Waals surface area contributed by atoms with Crippen LogP contribution in [0.5, 0.6) is 11.5 Å². The van der Waals surface area contributed by atoms with Gasteiger partial charge in [0.05, 0.1) is 35.3 Å². The van der Waals surface area contributed by atoms with Crippen LogP contribution < -0.4 is 15.0 Å². The SMILES string of the molecule is CCOc1cc(C=Nn2c(C(C)C)nc3ccc(Br)cc3c2=O)cc([N+](=O)[O-])c1OCC. The lowest BCUT2D eigenvalue weighted by Crippen LogP contribution is -2.23. The first kappa shape index (κ1) is 23.4. The summed E-state index contributed by atoms with van der Waals surface area (Å²) in [5.41, 5.74) is 0.390. The zero-order chi connectivity index (χ0) is 23.4. The predicted molar refractivity (Wildman–Crippen MR) is 126 cm³/mol. The van der Waals surface area contributed by atoms with Crippen LogP contribution in [0.4, 0.5) is 5.69 Å². The molecule has 0 bridgehead atoms. The Labute approximate surface area is 193 Å². The van der Waals surface area contributed by atoms with Gasteiger partial charge in [0.25, 0.3) is 5.56 Å². The minimum atomic E-state index is -0.536. The molecule has 0 N–H and O–H groups in total. The standard InChI is InChI=1S/C22H23BrN4O5/c1-5-31-19-10-14(9-18(27(29)30)20(19)32-6-2)12-24-26-21(13(3)4)25-17-8-7-15(23)11-16(17)22(26)28/h7-13H,5-6H2,1-4H3. The van der Waals surface area contributed by atoms with E-state index in [4.69, 9.17) is 9.47 Å². The summed E-state index contributed by atoms with van der Waals surface area (Å²) < 4.78 is 13.0. The summed E-state index contributed by atoms with van der Waals surface area (Å²) in [6.07, 6.45) is 1.38. The summed E-state index contributed by atoms with van der Waals surface area (Å²) in [6.45, 7) is 7.88. The first-order valence-corrected chi connectivity index (χ1v) is 10.9. The van der Waals surface area contributed by atoms with Crippen molar-refractivity contribution in [1.82, 2.24) is 9.66 Å². The van der Waals surface area contributed by atoms with Crippen LogP contribution in [0.2, 0.25) is 0 Å². The number of nitro groups is 1. The van der Waals surface area contributed by atoms with Gasteiger partial charge in [-0.25, -0.2) is 4.98 Å². The molecular formula is C22H23BrN4O5. The summed E-state index contributed by atoms with van der Waals surface area (Å²) in [7, 11) is 0. The molecule has 0 amide bonds. The molecule has 168 valence electrons. The number of hydrogen-bond acceptors (Lipinski definition) is 7. The number of nitro benzene ring substituents is 1. The number of benzene rings is 2. The first-order chi connectivity index (χ1) is 15.3. The normalized spacial score (nSPS) is 11.4. The molecule has 0 spiro atoms. The Kier molecular flexibility index (Phi) is 7.24. The molecule has 9 nitrogen and oxygen atoms in total. The Morgan fingerprint density at radius 3 is 2.56 bits per heavy atom. The van der Waals surface area contributed by atoms with Crippen LogP contribution in [0, 0.1) is 10.1 Å². The maximum Gasteiger partial charge on any atom is 0.315 e. The minimum Gasteiger partial charge on any atom is -0.490 e. The summed E-state index contributed by atoms with van der Waals surface area (Å²) >= 11 is 3.37. The van der Waals surface area contributed by atoms with Crippen molar-refractivity contribution in [2.24, 2.45) is 5.10 Å². The van der Waals surface area contributed by atoms with Gasteiger partial charge in [-0.3, -0.25) is 14.9 Å². The number of rotatable bonds is 8. The van der Waals surface area contributed by atoms with Crippen LogP contribution in [-0.2, 0) is 0 Å². The molecule has 0 aliphatic rings. The zero-order valence-corrected chi connectivity index (χ0v) is 19.7. The molecule has 0 unspecified atom stereocenters. The van der Waals surface area contributed by atoms with Crippen molar-refractivity contribution in [3.63, 3.8) is 0 Å². The molecule has 3 rings (SSSR count). The Balaban J connectivity index is 2.18. The van der Waals surface area contributed by atoms with Gasteiger partial charge in [-0.05, 0) is 38.1 Å². The number of fused-ring (bicyclic) bond motifs is 1. The van der Waals surface area contributed by atoms with Crippen LogP contribution in [0.25, 0.3) is 10.9 Å². The van der Waals surface area contributed by atoms with Crippen molar-refractivity contribution in [2.75, 3.05) is 13.2 Å². The van der Waals surface area contributed by atoms with Crippen LogP contribution in [-0.4, -0.2) is 34.0 Å². The minimum absolute atomic E-state index is 0.0637. The lowest BCUT2D eigenvalue weighted by atomic mass is 10.1. The summed E-state index contributed by atoms with van der Waals surface area (Å²) in [4.78, 5) is 28.8. The third-order valence-corrected chi connectivity index (χ3v) is 5.01. The average molecular weight is 503 g/mol. The summed E-state index contributed by atoms with van der Waals surface area (Å²) in [5, 5.41) is 16.4. The smallest absolute Gasteiger partial charge is 0.315 e. The number of aromatic nitrogens is 2. The molecule has 0 saturated carbocycles. The highest BCUT2D eigenvalue weighted by Gasteiger charge is 2.22. The topological polar surface area (TPSA) is 109 Å². The number of nitrogens with zero attached hydrogens (tertiary/aromatic N) is 4. The third kappa shape index (κ3) is 4.80. The van der Waals surface area contributed by atoms with Crippen molar-refractivity contribution in [3.05, 3.63) is 66.7 Å². The molecule has 3 aromatic rings. The number of hydrogen-bond donors (Lipinski definition) is 0. The maximum atomic E-state index is 13.1. The quantitative estimate of drug-likeness (QED) is 0.247. The molecule has 0 fully saturated rings. The molecule has 0 aliphatic carbocycles. The fourth-order valence-corrected chi connectivity index (χ4v) is 3.51. The maximum absolute atomic E-state index is 13.1. The van der Waals surface area contributed by atoms with E-state index in [1.807, 2.05) is 19.9 Å². The van der Waals surface area contributed by atoms with Gasteiger partial charge in [0.15, 0.2) is 5.75 Å².